The number of carbonyl (C=O) groups is 1. The Bertz CT molecular complexity index is 267. The van der Waals surface area contributed by atoms with Gasteiger partial charge < -0.3 is 19.7 Å². The van der Waals surface area contributed by atoms with Gasteiger partial charge in [0.2, 0.25) is 0 Å². The fourth-order valence-corrected chi connectivity index (χ4v) is 2.47. The minimum Gasteiger partial charge on any atom is -0.468 e. The fraction of sp³-hybridized carbons (Fsp3) is 0.923. The summed E-state index contributed by atoms with van der Waals surface area (Å²) >= 11 is 0. The second-order valence-electron chi connectivity index (χ2n) is 5.35. The molecule has 1 saturated heterocycles. The van der Waals surface area contributed by atoms with E-state index in [0.29, 0.717) is 12.5 Å². The van der Waals surface area contributed by atoms with E-state index in [0.717, 1.165) is 26.2 Å². The monoisotopic (exact) mass is 258 g/mol. The maximum Gasteiger partial charge on any atom is 0.327 e. The molecular weight excluding hydrogens is 232 g/mol. The van der Waals surface area contributed by atoms with Gasteiger partial charge in [0, 0.05) is 19.7 Å². The summed E-state index contributed by atoms with van der Waals surface area (Å²) in [5, 5.41) is 3.05. The van der Waals surface area contributed by atoms with Gasteiger partial charge in [-0.1, -0.05) is 0 Å². The second kappa shape index (κ2) is 7.07. The van der Waals surface area contributed by atoms with Crippen molar-refractivity contribution in [1.82, 2.24) is 10.2 Å². The molecule has 1 N–H and O–H groups in total. The van der Waals surface area contributed by atoms with Crippen molar-refractivity contribution in [3.63, 3.8) is 0 Å². The van der Waals surface area contributed by atoms with Crippen molar-refractivity contribution in [1.29, 1.82) is 0 Å². The van der Waals surface area contributed by atoms with Crippen LogP contribution in [0.2, 0.25) is 0 Å². The minimum absolute atomic E-state index is 0.225. The number of esters is 1. The topological polar surface area (TPSA) is 50.8 Å². The molecule has 0 radical (unpaired) electrons. The van der Waals surface area contributed by atoms with Crippen molar-refractivity contribution in [3.8, 4) is 0 Å². The zero-order valence-electron chi connectivity index (χ0n) is 12.0. The third-order valence-electron chi connectivity index (χ3n) is 3.60. The summed E-state index contributed by atoms with van der Waals surface area (Å²) in [6, 6.07) is 0. The maximum atomic E-state index is 11.8. The molecule has 2 unspecified atom stereocenters. The highest BCUT2D eigenvalue weighted by Gasteiger charge is 2.34. The molecule has 0 spiro atoms. The lowest BCUT2D eigenvalue weighted by Crippen LogP contribution is -2.56. The molecule has 1 fully saturated rings. The van der Waals surface area contributed by atoms with E-state index < -0.39 is 5.54 Å². The van der Waals surface area contributed by atoms with E-state index in [-0.39, 0.29) is 5.97 Å². The molecule has 1 aliphatic heterocycles. The standard InChI is InChI=1S/C13H26N2O3/c1-13(14-2,12(16)17-4)10-15(3)8-11-6-5-7-18-9-11/h11,14H,5-10H2,1-4H3. The molecule has 0 aliphatic carbocycles. The Hall–Kier alpha value is -0.650. The van der Waals surface area contributed by atoms with Crippen molar-refractivity contribution in [2.75, 3.05) is 47.5 Å². The molecule has 18 heavy (non-hydrogen) atoms. The van der Waals surface area contributed by atoms with E-state index in [9.17, 15) is 4.79 Å². The third kappa shape index (κ3) is 4.23. The Morgan fingerprint density at radius 3 is 2.83 bits per heavy atom. The van der Waals surface area contributed by atoms with Gasteiger partial charge in [-0.15, -0.1) is 0 Å². The summed E-state index contributed by atoms with van der Waals surface area (Å²) in [5.41, 5.74) is -0.654. The van der Waals surface area contributed by atoms with Gasteiger partial charge in [-0.05, 0) is 39.8 Å². The number of hydrogen-bond acceptors (Lipinski definition) is 5. The van der Waals surface area contributed by atoms with E-state index in [2.05, 4.69) is 10.2 Å². The molecule has 0 aromatic heterocycles. The number of ether oxygens (including phenoxy) is 2. The lowest BCUT2D eigenvalue weighted by atomic mass is 9.99. The van der Waals surface area contributed by atoms with Crippen LogP contribution in [-0.4, -0.2) is 63.9 Å². The van der Waals surface area contributed by atoms with E-state index in [1.807, 2.05) is 14.0 Å². The van der Waals surface area contributed by atoms with Crippen LogP contribution in [-0.2, 0) is 14.3 Å². The molecule has 1 aliphatic rings. The van der Waals surface area contributed by atoms with Gasteiger partial charge >= 0.3 is 5.97 Å². The Kier molecular flexibility index (Phi) is 6.05. The van der Waals surface area contributed by atoms with Gasteiger partial charge in [-0.3, -0.25) is 4.79 Å². The number of rotatable bonds is 6. The van der Waals surface area contributed by atoms with Crippen LogP contribution in [0.3, 0.4) is 0 Å². The normalized spacial score (nSPS) is 23.7. The van der Waals surface area contributed by atoms with E-state index in [1.54, 1.807) is 7.05 Å². The van der Waals surface area contributed by atoms with Crippen LogP contribution >= 0.6 is 0 Å². The number of methoxy groups -OCH3 is 1. The van der Waals surface area contributed by atoms with Crippen molar-refractivity contribution in [3.05, 3.63) is 0 Å². The van der Waals surface area contributed by atoms with E-state index in [4.69, 9.17) is 9.47 Å². The molecule has 0 aromatic carbocycles. The molecule has 0 aromatic rings. The maximum absolute atomic E-state index is 11.8. The number of likely N-dealkylation sites (N-methyl/N-ethyl adjacent to an activating group) is 2. The van der Waals surface area contributed by atoms with E-state index in [1.165, 1.54) is 13.5 Å². The minimum atomic E-state index is -0.654. The SMILES string of the molecule is CNC(C)(CN(C)CC1CCCOC1)C(=O)OC. The van der Waals surface area contributed by atoms with Crippen molar-refractivity contribution < 1.29 is 14.3 Å². The number of nitrogens with one attached hydrogen (secondary N) is 1. The highest BCUT2D eigenvalue weighted by atomic mass is 16.5. The fourth-order valence-electron chi connectivity index (χ4n) is 2.47. The van der Waals surface area contributed by atoms with Crippen LogP contribution in [0.4, 0.5) is 0 Å². The Balaban J connectivity index is 2.45. The number of carbonyl (C=O) groups excluding carboxylic acids is 1. The summed E-state index contributed by atoms with van der Waals surface area (Å²) in [6.45, 7) is 5.17. The molecule has 2 atom stereocenters. The largest absolute Gasteiger partial charge is 0.468 e. The van der Waals surface area contributed by atoms with Gasteiger partial charge in [0.1, 0.15) is 5.54 Å². The lowest BCUT2D eigenvalue weighted by Gasteiger charge is -2.33. The average molecular weight is 258 g/mol. The zero-order valence-corrected chi connectivity index (χ0v) is 12.0. The summed E-state index contributed by atoms with van der Waals surface area (Å²) in [4.78, 5) is 13.9. The van der Waals surface area contributed by atoms with Crippen LogP contribution < -0.4 is 5.32 Å². The average Bonchev–Trinajstić information content (AvgIpc) is 2.38. The second-order valence-corrected chi connectivity index (χ2v) is 5.35. The summed E-state index contributed by atoms with van der Waals surface area (Å²) in [5.74, 6) is 0.347. The van der Waals surface area contributed by atoms with Gasteiger partial charge in [-0.25, -0.2) is 0 Å². The summed E-state index contributed by atoms with van der Waals surface area (Å²) in [6.07, 6.45) is 2.34. The highest BCUT2D eigenvalue weighted by Crippen LogP contribution is 2.16. The quantitative estimate of drug-likeness (QED) is 0.703. The van der Waals surface area contributed by atoms with Gasteiger partial charge in [0.15, 0.2) is 0 Å². The molecule has 1 heterocycles. The molecule has 0 amide bonds. The summed E-state index contributed by atoms with van der Waals surface area (Å²) < 4.78 is 10.3. The Morgan fingerprint density at radius 1 is 1.61 bits per heavy atom. The molecular formula is C13H26N2O3. The molecule has 0 bridgehead atoms. The van der Waals surface area contributed by atoms with Crippen molar-refractivity contribution in [2.45, 2.75) is 25.3 Å². The third-order valence-corrected chi connectivity index (χ3v) is 3.60. The van der Waals surface area contributed by atoms with Gasteiger partial charge in [0.25, 0.3) is 0 Å². The van der Waals surface area contributed by atoms with Crippen LogP contribution in [0, 0.1) is 5.92 Å². The highest BCUT2D eigenvalue weighted by molar-refractivity contribution is 5.80. The van der Waals surface area contributed by atoms with Crippen LogP contribution in [0.25, 0.3) is 0 Å². The Labute approximate surface area is 110 Å². The summed E-state index contributed by atoms with van der Waals surface area (Å²) in [7, 11) is 5.24. The van der Waals surface area contributed by atoms with E-state index >= 15 is 0 Å². The first-order chi connectivity index (χ1) is 8.51. The molecule has 1 rings (SSSR count). The molecule has 5 heteroatoms. The van der Waals surface area contributed by atoms with Crippen molar-refractivity contribution in [2.24, 2.45) is 5.92 Å². The molecule has 106 valence electrons. The van der Waals surface area contributed by atoms with Gasteiger partial charge in [0.05, 0.1) is 13.7 Å². The van der Waals surface area contributed by atoms with Crippen LogP contribution in [0.5, 0.6) is 0 Å². The van der Waals surface area contributed by atoms with Crippen LogP contribution in [0.15, 0.2) is 0 Å². The predicted octanol–water partition coefficient (Wildman–Crippen LogP) is 0.496. The van der Waals surface area contributed by atoms with Gasteiger partial charge in [-0.2, -0.15) is 0 Å². The van der Waals surface area contributed by atoms with Crippen LogP contribution in [0.1, 0.15) is 19.8 Å². The van der Waals surface area contributed by atoms with Crippen molar-refractivity contribution >= 4 is 5.97 Å². The molecule has 0 saturated carbocycles. The Morgan fingerprint density at radius 2 is 2.33 bits per heavy atom. The lowest BCUT2D eigenvalue weighted by molar-refractivity contribution is -0.148. The number of nitrogens with zero attached hydrogens (tertiary/aromatic N) is 1. The zero-order chi connectivity index (χ0) is 13.6. The first-order valence-electron chi connectivity index (χ1n) is 6.55. The predicted molar refractivity (Wildman–Crippen MR) is 70.5 cm³/mol. The first-order valence-corrected chi connectivity index (χ1v) is 6.55. The number of hydrogen-bond donors (Lipinski definition) is 1. The molecule has 5 nitrogen and oxygen atoms in total. The first kappa shape index (κ1) is 15.4. The smallest absolute Gasteiger partial charge is 0.327 e.